The van der Waals surface area contributed by atoms with Crippen LogP contribution in [0.25, 0.3) is 0 Å². The molecule has 0 saturated heterocycles. The highest BCUT2D eigenvalue weighted by Gasteiger charge is 2.16. The summed E-state index contributed by atoms with van der Waals surface area (Å²) in [7, 11) is 1.91. The van der Waals surface area contributed by atoms with E-state index in [0.717, 1.165) is 24.8 Å². The van der Waals surface area contributed by atoms with E-state index in [1.54, 1.807) is 6.21 Å². The number of unbranched alkanes of at least 4 members (excludes halogenated alkanes) is 1. The predicted molar refractivity (Wildman–Crippen MR) is 90.4 cm³/mol. The lowest BCUT2D eigenvalue weighted by Gasteiger charge is -2.03. The third-order valence-electron chi connectivity index (χ3n) is 3.43. The second-order valence-electron chi connectivity index (χ2n) is 5.38. The Labute approximate surface area is 128 Å². The minimum Gasteiger partial charge on any atom is -0.394 e. The molecular formula is C18H26N2O. The van der Waals surface area contributed by atoms with Crippen LogP contribution in [0.15, 0.2) is 51.2 Å². The van der Waals surface area contributed by atoms with Crippen molar-refractivity contribution in [2.24, 2.45) is 4.99 Å². The summed E-state index contributed by atoms with van der Waals surface area (Å²) in [6, 6.07) is 0. The molecule has 1 N–H and O–H groups in total. The number of amides is 1. The topological polar surface area (TPSA) is 41.5 Å². The Morgan fingerprint density at radius 3 is 2.71 bits per heavy atom. The molecule has 0 aromatic heterocycles. The summed E-state index contributed by atoms with van der Waals surface area (Å²) in [6.45, 7) is 7.89. The van der Waals surface area contributed by atoms with Gasteiger partial charge < -0.3 is 5.32 Å². The third-order valence-corrected chi connectivity index (χ3v) is 3.43. The SMILES string of the molecule is CCC/C=C(\C=NC(C)=O)C1=CC(/C(C)=C\NC)=C(C)C1. The Bertz CT molecular complexity index is 546. The van der Waals surface area contributed by atoms with E-state index in [1.807, 2.05) is 13.2 Å². The second kappa shape index (κ2) is 8.40. The van der Waals surface area contributed by atoms with Crippen LogP contribution in [0.4, 0.5) is 0 Å². The first-order valence-corrected chi connectivity index (χ1v) is 7.49. The van der Waals surface area contributed by atoms with Crippen LogP contribution in [-0.2, 0) is 4.79 Å². The van der Waals surface area contributed by atoms with Crippen molar-refractivity contribution in [3.05, 3.63) is 46.2 Å². The molecule has 0 saturated carbocycles. The van der Waals surface area contributed by atoms with Gasteiger partial charge in [0, 0.05) is 20.2 Å². The van der Waals surface area contributed by atoms with Crippen LogP contribution < -0.4 is 5.32 Å². The van der Waals surface area contributed by atoms with Crippen LogP contribution in [0.2, 0.25) is 0 Å². The van der Waals surface area contributed by atoms with Gasteiger partial charge in [-0.2, -0.15) is 0 Å². The van der Waals surface area contributed by atoms with Crippen molar-refractivity contribution in [3.8, 4) is 0 Å². The number of nitrogens with one attached hydrogen (secondary N) is 1. The fraction of sp³-hybridized carbons (Fsp3) is 0.444. The van der Waals surface area contributed by atoms with E-state index in [9.17, 15) is 4.79 Å². The Hall–Kier alpha value is -1.90. The zero-order valence-electron chi connectivity index (χ0n) is 13.8. The number of aliphatic imine (C=N–C) groups is 1. The standard InChI is InChI=1S/C18H26N2O/c1-6-7-8-16(12-20-15(4)21)17-9-13(2)18(10-17)14(3)11-19-5/h8,10-12,19H,6-7,9H2,1-5H3/b14-11-,16-8+,20-12?. The van der Waals surface area contributed by atoms with E-state index in [4.69, 9.17) is 0 Å². The number of hydrogen-bond donors (Lipinski definition) is 1. The zero-order chi connectivity index (χ0) is 15.8. The fourth-order valence-corrected chi connectivity index (χ4v) is 2.39. The van der Waals surface area contributed by atoms with Gasteiger partial charge in [-0.3, -0.25) is 4.79 Å². The summed E-state index contributed by atoms with van der Waals surface area (Å²) in [5, 5.41) is 3.07. The number of allylic oxidation sites excluding steroid dienone is 7. The number of rotatable bonds is 6. The van der Waals surface area contributed by atoms with Crippen molar-refractivity contribution in [2.75, 3.05) is 7.05 Å². The average Bonchev–Trinajstić information content (AvgIpc) is 2.81. The van der Waals surface area contributed by atoms with Crippen molar-refractivity contribution < 1.29 is 4.79 Å². The molecule has 0 atom stereocenters. The van der Waals surface area contributed by atoms with Crippen molar-refractivity contribution in [2.45, 2.75) is 47.0 Å². The highest BCUT2D eigenvalue weighted by molar-refractivity contribution is 5.94. The summed E-state index contributed by atoms with van der Waals surface area (Å²) >= 11 is 0. The molecule has 0 fully saturated rings. The van der Waals surface area contributed by atoms with Crippen molar-refractivity contribution >= 4 is 12.1 Å². The molecule has 0 aliphatic heterocycles. The van der Waals surface area contributed by atoms with Gasteiger partial charge >= 0.3 is 0 Å². The maximum atomic E-state index is 11.1. The predicted octanol–water partition coefficient (Wildman–Crippen LogP) is 4.10. The molecule has 3 nitrogen and oxygen atoms in total. The molecule has 1 amide bonds. The van der Waals surface area contributed by atoms with Gasteiger partial charge in [0.15, 0.2) is 0 Å². The fourth-order valence-electron chi connectivity index (χ4n) is 2.39. The molecule has 3 heteroatoms. The van der Waals surface area contributed by atoms with Gasteiger partial charge in [-0.1, -0.05) is 31.1 Å². The van der Waals surface area contributed by atoms with E-state index < -0.39 is 0 Å². The van der Waals surface area contributed by atoms with E-state index in [2.05, 4.69) is 43.2 Å². The van der Waals surface area contributed by atoms with Crippen LogP contribution in [0.1, 0.15) is 47.0 Å². The van der Waals surface area contributed by atoms with Gasteiger partial charge in [-0.05, 0) is 55.2 Å². The molecule has 114 valence electrons. The molecule has 1 aliphatic carbocycles. The van der Waals surface area contributed by atoms with Crippen LogP contribution in [-0.4, -0.2) is 19.2 Å². The van der Waals surface area contributed by atoms with E-state index in [-0.39, 0.29) is 5.91 Å². The van der Waals surface area contributed by atoms with Crippen LogP contribution in [0.5, 0.6) is 0 Å². The number of carbonyl (C=O) groups is 1. The molecule has 0 aromatic rings. The lowest BCUT2D eigenvalue weighted by molar-refractivity contribution is -0.115. The highest BCUT2D eigenvalue weighted by Crippen LogP contribution is 2.33. The summed E-state index contributed by atoms with van der Waals surface area (Å²) in [4.78, 5) is 15.0. The summed E-state index contributed by atoms with van der Waals surface area (Å²) < 4.78 is 0. The van der Waals surface area contributed by atoms with E-state index in [0.29, 0.717) is 0 Å². The first-order valence-electron chi connectivity index (χ1n) is 7.49. The third kappa shape index (κ3) is 5.18. The lowest BCUT2D eigenvalue weighted by Crippen LogP contribution is -1.95. The molecule has 1 aliphatic rings. The van der Waals surface area contributed by atoms with Crippen molar-refractivity contribution in [3.63, 3.8) is 0 Å². The lowest BCUT2D eigenvalue weighted by atomic mass is 10.0. The second-order valence-corrected chi connectivity index (χ2v) is 5.38. The molecule has 21 heavy (non-hydrogen) atoms. The molecule has 0 aromatic carbocycles. The van der Waals surface area contributed by atoms with Crippen LogP contribution in [0, 0.1) is 0 Å². The summed E-state index contributed by atoms with van der Waals surface area (Å²) in [6.07, 6.45) is 11.1. The molecule has 0 radical (unpaired) electrons. The minimum atomic E-state index is -0.160. The maximum Gasteiger partial charge on any atom is 0.242 e. The molecule has 0 heterocycles. The van der Waals surface area contributed by atoms with Gasteiger partial charge in [0.25, 0.3) is 0 Å². The summed E-state index contributed by atoms with van der Waals surface area (Å²) in [5.74, 6) is -0.160. The Kier molecular flexibility index (Phi) is 6.86. The van der Waals surface area contributed by atoms with Gasteiger partial charge in [0.2, 0.25) is 5.91 Å². The normalized spacial score (nSPS) is 16.7. The first kappa shape index (κ1) is 17.2. The van der Waals surface area contributed by atoms with Gasteiger partial charge in [-0.15, -0.1) is 0 Å². The Morgan fingerprint density at radius 1 is 1.43 bits per heavy atom. The summed E-state index contributed by atoms with van der Waals surface area (Å²) in [5.41, 5.74) is 6.16. The zero-order valence-corrected chi connectivity index (χ0v) is 13.8. The molecule has 0 bridgehead atoms. The van der Waals surface area contributed by atoms with Crippen LogP contribution >= 0.6 is 0 Å². The Balaban J connectivity index is 3.05. The maximum absolute atomic E-state index is 11.1. The monoisotopic (exact) mass is 286 g/mol. The van der Waals surface area contributed by atoms with Gasteiger partial charge in [0.1, 0.15) is 0 Å². The van der Waals surface area contributed by atoms with E-state index >= 15 is 0 Å². The van der Waals surface area contributed by atoms with Gasteiger partial charge in [0.05, 0.1) is 0 Å². The number of hydrogen-bond acceptors (Lipinski definition) is 2. The van der Waals surface area contributed by atoms with Crippen molar-refractivity contribution in [1.82, 2.24) is 5.32 Å². The Morgan fingerprint density at radius 2 is 2.14 bits per heavy atom. The van der Waals surface area contributed by atoms with E-state index in [1.165, 1.54) is 29.2 Å². The molecule has 1 rings (SSSR count). The molecular weight excluding hydrogens is 260 g/mol. The van der Waals surface area contributed by atoms with Crippen LogP contribution in [0.3, 0.4) is 0 Å². The first-order chi connectivity index (χ1) is 9.99. The quantitative estimate of drug-likeness (QED) is 0.747. The minimum absolute atomic E-state index is 0.160. The molecule has 0 unspecified atom stereocenters. The smallest absolute Gasteiger partial charge is 0.242 e. The average molecular weight is 286 g/mol. The van der Waals surface area contributed by atoms with Crippen molar-refractivity contribution in [1.29, 1.82) is 0 Å². The van der Waals surface area contributed by atoms with Gasteiger partial charge in [-0.25, -0.2) is 4.99 Å². The number of carbonyl (C=O) groups excluding carboxylic acids is 1. The number of nitrogens with zero attached hydrogens (tertiary/aromatic N) is 1. The highest BCUT2D eigenvalue weighted by atomic mass is 16.1. The molecule has 0 spiro atoms. The largest absolute Gasteiger partial charge is 0.394 e.